The van der Waals surface area contributed by atoms with E-state index in [1.165, 1.54) is 6.92 Å². The molecule has 0 fully saturated rings. The van der Waals surface area contributed by atoms with E-state index in [4.69, 9.17) is 21.1 Å². The van der Waals surface area contributed by atoms with Gasteiger partial charge in [-0.15, -0.1) is 0 Å². The molecule has 0 bridgehead atoms. The van der Waals surface area contributed by atoms with Gasteiger partial charge >= 0.3 is 0 Å². The highest BCUT2D eigenvalue weighted by Gasteiger charge is 2.15. The normalized spacial score (nSPS) is 10.2. The molecule has 0 saturated heterocycles. The predicted octanol–water partition coefficient (Wildman–Crippen LogP) is 4.23. The average molecular weight is 291 g/mol. The Kier molecular flexibility index (Phi) is 4.30. The zero-order valence-corrected chi connectivity index (χ0v) is 12.3. The molecule has 0 amide bonds. The Morgan fingerprint density at radius 1 is 1.00 bits per heavy atom. The third kappa shape index (κ3) is 2.78. The van der Waals surface area contributed by atoms with Gasteiger partial charge in [0.05, 0.1) is 14.2 Å². The van der Waals surface area contributed by atoms with E-state index in [9.17, 15) is 4.79 Å². The number of benzene rings is 2. The highest BCUT2D eigenvalue weighted by molar-refractivity contribution is 6.31. The van der Waals surface area contributed by atoms with Crippen molar-refractivity contribution in [2.24, 2.45) is 0 Å². The topological polar surface area (TPSA) is 35.5 Å². The fraction of sp³-hybridized carbons (Fsp3) is 0.188. The van der Waals surface area contributed by atoms with Crippen LogP contribution in [0.4, 0.5) is 0 Å². The van der Waals surface area contributed by atoms with Gasteiger partial charge in [0.15, 0.2) is 5.78 Å². The molecule has 4 heteroatoms. The van der Waals surface area contributed by atoms with Gasteiger partial charge in [-0.1, -0.05) is 11.6 Å². The lowest BCUT2D eigenvalue weighted by Crippen LogP contribution is -1.98. The van der Waals surface area contributed by atoms with Crippen LogP contribution in [0.1, 0.15) is 17.3 Å². The number of rotatable bonds is 4. The molecule has 0 aliphatic rings. The summed E-state index contributed by atoms with van der Waals surface area (Å²) in [6.07, 6.45) is 0. The molecule has 0 aromatic heterocycles. The van der Waals surface area contributed by atoms with Crippen LogP contribution in [0.25, 0.3) is 11.1 Å². The second kappa shape index (κ2) is 5.97. The van der Waals surface area contributed by atoms with Crippen molar-refractivity contribution in [2.45, 2.75) is 6.92 Å². The van der Waals surface area contributed by atoms with Crippen LogP contribution in [0, 0.1) is 0 Å². The first kappa shape index (κ1) is 14.4. The van der Waals surface area contributed by atoms with Crippen LogP contribution in [-0.2, 0) is 0 Å². The maximum atomic E-state index is 11.8. The molecule has 0 radical (unpaired) electrons. The lowest BCUT2D eigenvalue weighted by Gasteiger charge is -2.13. The lowest BCUT2D eigenvalue weighted by atomic mass is 9.96. The molecule has 104 valence electrons. The average Bonchev–Trinajstić information content (AvgIpc) is 2.46. The summed E-state index contributed by atoms with van der Waals surface area (Å²) in [7, 11) is 3.17. The second-order valence-electron chi connectivity index (χ2n) is 4.31. The molecular weight excluding hydrogens is 276 g/mol. The van der Waals surface area contributed by atoms with Gasteiger partial charge < -0.3 is 9.47 Å². The molecule has 0 saturated carbocycles. The van der Waals surface area contributed by atoms with E-state index in [2.05, 4.69) is 0 Å². The van der Waals surface area contributed by atoms with Crippen LogP contribution < -0.4 is 9.47 Å². The Morgan fingerprint density at radius 3 is 2.35 bits per heavy atom. The van der Waals surface area contributed by atoms with E-state index in [-0.39, 0.29) is 5.78 Å². The van der Waals surface area contributed by atoms with Gasteiger partial charge in [0.2, 0.25) is 0 Å². The van der Waals surface area contributed by atoms with Crippen molar-refractivity contribution in [3.8, 4) is 22.6 Å². The third-order valence-corrected chi connectivity index (χ3v) is 3.29. The number of methoxy groups -OCH3 is 2. The first-order valence-electron chi connectivity index (χ1n) is 6.09. The maximum absolute atomic E-state index is 11.8. The maximum Gasteiger partial charge on any atom is 0.160 e. The lowest BCUT2D eigenvalue weighted by molar-refractivity contribution is 0.101. The summed E-state index contributed by atoms with van der Waals surface area (Å²) in [5.41, 5.74) is 2.12. The zero-order valence-electron chi connectivity index (χ0n) is 11.6. The molecule has 2 aromatic carbocycles. The molecule has 0 unspecified atom stereocenters. The SMILES string of the molecule is COc1ccc(C(C)=O)c(-c2cc(Cl)ccc2OC)c1. The minimum atomic E-state index is -0.0234. The van der Waals surface area contributed by atoms with Crippen LogP contribution in [0.15, 0.2) is 36.4 Å². The van der Waals surface area contributed by atoms with Gasteiger partial charge in [-0.2, -0.15) is 0 Å². The molecule has 0 N–H and O–H groups in total. The summed E-state index contributed by atoms with van der Waals surface area (Å²) in [4.78, 5) is 11.8. The number of hydrogen-bond acceptors (Lipinski definition) is 3. The predicted molar refractivity (Wildman–Crippen MR) is 80.0 cm³/mol. The van der Waals surface area contributed by atoms with Crippen LogP contribution >= 0.6 is 11.6 Å². The van der Waals surface area contributed by atoms with E-state index < -0.39 is 0 Å². The van der Waals surface area contributed by atoms with Gasteiger partial charge in [0, 0.05) is 16.1 Å². The van der Waals surface area contributed by atoms with Crippen LogP contribution in [0.3, 0.4) is 0 Å². The molecule has 2 aromatic rings. The smallest absolute Gasteiger partial charge is 0.160 e. The van der Waals surface area contributed by atoms with E-state index in [0.29, 0.717) is 22.1 Å². The number of halogens is 1. The Hall–Kier alpha value is -2.00. The van der Waals surface area contributed by atoms with E-state index in [0.717, 1.165) is 11.1 Å². The molecule has 0 aliphatic carbocycles. The first-order valence-corrected chi connectivity index (χ1v) is 6.47. The van der Waals surface area contributed by atoms with Crippen molar-refractivity contribution >= 4 is 17.4 Å². The number of carbonyl (C=O) groups is 1. The van der Waals surface area contributed by atoms with Crippen molar-refractivity contribution in [3.05, 3.63) is 47.0 Å². The van der Waals surface area contributed by atoms with E-state index >= 15 is 0 Å². The summed E-state index contributed by atoms with van der Waals surface area (Å²) >= 11 is 6.06. The zero-order chi connectivity index (χ0) is 14.7. The van der Waals surface area contributed by atoms with E-state index in [1.54, 1.807) is 44.6 Å². The third-order valence-electron chi connectivity index (χ3n) is 3.06. The van der Waals surface area contributed by atoms with Crippen molar-refractivity contribution < 1.29 is 14.3 Å². The summed E-state index contributed by atoms with van der Waals surface area (Å²) in [5.74, 6) is 1.31. The first-order chi connectivity index (χ1) is 9.56. The number of ether oxygens (including phenoxy) is 2. The van der Waals surface area contributed by atoms with Gasteiger partial charge in [-0.3, -0.25) is 4.79 Å². The van der Waals surface area contributed by atoms with Crippen molar-refractivity contribution in [1.29, 1.82) is 0 Å². The molecule has 0 spiro atoms. The molecule has 2 rings (SSSR count). The number of Topliss-reactive ketones (excluding diaryl/α,β-unsaturated/α-hetero) is 1. The standard InChI is InChI=1S/C16H15ClO3/c1-10(18)13-6-5-12(19-2)9-14(13)15-8-11(17)4-7-16(15)20-3/h4-9H,1-3H3. The summed E-state index contributed by atoms with van der Waals surface area (Å²) in [6.45, 7) is 1.53. The number of carbonyl (C=O) groups excluding carboxylic acids is 1. The fourth-order valence-corrected chi connectivity index (χ4v) is 2.24. The van der Waals surface area contributed by atoms with Crippen LogP contribution in [-0.4, -0.2) is 20.0 Å². The van der Waals surface area contributed by atoms with Crippen molar-refractivity contribution in [3.63, 3.8) is 0 Å². The van der Waals surface area contributed by atoms with Gasteiger partial charge in [-0.25, -0.2) is 0 Å². The van der Waals surface area contributed by atoms with Crippen LogP contribution in [0.2, 0.25) is 5.02 Å². The Morgan fingerprint density at radius 2 is 1.75 bits per heavy atom. The molecular formula is C16H15ClO3. The highest BCUT2D eigenvalue weighted by atomic mass is 35.5. The molecule has 20 heavy (non-hydrogen) atoms. The molecule has 3 nitrogen and oxygen atoms in total. The van der Waals surface area contributed by atoms with Crippen molar-refractivity contribution in [1.82, 2.24) is 0 Å². The number of ketones is 1. The summed E-state index contributed by atoms with van der Waals surface area (Å²) in [5, 5.41) is 0.582. The van der Waals surface area contributed by atoms with Gasteiger partial charge in [-0.05, 0) is 48.9 Å². The quantitative estimate of drug-likeness (QED) is 0.791. The Labute approximate surface area is 123 Å². The molecule has 0 aliphatic heterocycles. The second-order valence-corrected chi connectivity index (χ2v) is 4.75. The minimum Gasteiger partial charge on any atom is -0.497 e. The highest BCUT2D eigenvalue weighted by Crippen LogP contribution is 2.36. The molecule has 0 heterocycles. The van der Waals surface area contributed by atoms with Crippen LogP contribution in [0.5, 0.6) is 11.5 Å². The summed E-state index contributed by atoms with van der Waals surface area (Å²) < 4.78 is 10.6. The fourth-order valence-electron chi connectivity index (χ4n) is 2.07. The summed E-state index contributed by atoms with van der Waals surface area (Å²) in [6, 6.07) is 10.6. The largest absolute Gasteiger partial charge is 0.497 e. The monoisotopic (exact) mass is 290 g/mol. The minimum absolute atomic E-state index is 0.0234. The van der Waals surface area contributed by atoms with Gasteiger partial charge in [0.25, 0.3) is 0 Å². The molecule has 0 atom stereocenters. The number of hydrogen-bond donors (Lipinski definition) is 0. The Balaban J connectivity index is 2.72. The van der Waals surface area contributed by atoms with Gasteiger partial charge in [0.1, 0.15) is 11.5 Å². The Bertz CT molecular complexity index is 650. The van der Waals surface area contributed by atoms with Crippen molar-refractivity contribution in [2.75, 3.05) is 14.2 Å². The van der Waals surface area contributed by atoms with E-state index in [1.807, 2.05) is 6.07 Å².